The number of hydrogen-bond acceptors (Lipinski definition) is 5. The van der Waals surface area contributed by atoms with Gasteiger partial charge < -0.3 is 19.7 Å². The SMILES string of the molecule is C[C@H]1CCCN(C(=O)CN2C(=O)N[C@](C)(Cc3ccc4c(c3)OCO4)C2=O)C1. The molecule has 3 heterocycles. The summed E-state index contributed by atoms with van der Waals surface area (Å²) in [5.41, 5.74) is -0.251. The number of ether oxygens (including phenoxy) is 2. The Morgan fingerprint density at radius 3 is 2.86 bits per heavy atom. The van der Waals surface area contributed by atoms with Crippen LogP contribution in [0.15, 0.2) is 18.2 Å². The van der Waals surface area contributed by atoms with E-state index < -0.39 is 11.6 Å². The van der Waals surface area contributed by atoms with E-state index in [4.69, 9.17) is 9.47 Å². The van der Waals surface area contributed by atoms with E-state index in [1.54, 1.807) is 17.9 Å². The van der Waals surface area contributed by atoms with Crippen molar-refractivity contribution >= 4 is 17.8 Å². The normalized spacial score (nSPS) is 26.6. The number of likely N-dealkylation sites (tertiary alicyclic amines) is 1. The summed E-state index contributed by atoms with van der Waals surface area (Å²) >= 11 is 0. The Kier molecular flexibility index (Phi) is 4.64. The summed E-state index contributed by atoms with van der Waals surface area (Å²) in [6, 6.07) is 4.93. The third-order valence-corrected chi connectivity index (χ3v) is 5.64. The van der Waals surface area contributed by atoms with Crippen molar-refractivity contribution in [2.45, 2.75) is 38.6 Å². The monoisotopic (exact) mass is 387 g/mol. The van der Waals surface area contributed by atoms with E-state index in [0.29, 0.717) is 36.9 Å². The molecule has 0 bridgehead atoms. The minimum Gasteiger partial charge on any atom is -0.454 e. The number of imide groups is 1. The number of carbonyl (C=O) groups is 3. The molecule has 4 rings (SSSR count). The quantitative estimate of drug-likeness (QED) is 0.792. The molecule has 28 heavy (non-hydrogen) atoms. The van der Waals surface area contributed by atoms with Crippen LogP contribution in [0, 0.1) is 5.92 Å². The Labute approximate surface area is 163 Å². The molecule has 0 radical (unpaired) electrons. The summed E-state index contributed by atoms with van der Waals surface area (Å²) in [5, 5.41) is 2.76. The summed E-state index contributed by atoms with van der Waals surface area (Å²) in [5.74, 6) is 1.18. The van der Waals surface area contributed by atoms with Gasteiger partial charge in [0, 0.05) is 19.5 Å². The maximum Gasteiger partial charge on any atom is 0.325 e. The zero-order chi connectivity index (χ0) is 19.9. The molecule has 2 atom stereocenters. The highest BCUT2D eigenvalue weighted by atomic mass is 16.7. The molecule has 2 saturated heterocycles. The van der Waals surface area contributed by atoms with Gasteiger partial charge in [-0.3, -0.25) is 14.5 Å². The largest absolute Gasteiger partial charge is 0.454 e. The zero-order valence-corrected chi connectivity index (χ0v) is 16.2. The maximum atomic E-state index is 13.0. The van der Waals surface area contributed by atoms with Crippen LogP contribution >= 0.6 is 0 Å². The smallest absolute Gasteiger partial charge is 0.325 e. The highest BCUT2D eigenvalue weighted by molar-refractivity contribution is 6.09. The number of hydrogen-bond donors (Lipinski definition) is 1. The van der Waals surface area contributed by atoms with Crippen molar-refractivity contribution in [2.75, 3.05) is 26.4 Å². The van der Waals surface area contributed by atoms with Crippen LogP contribution in [0.4, 0.5) is 4.79 Å². The summed E-state index contributed by atoms with van der Waals surface area (Å²) in [6.45, 7) is 5.12. The first-order valence-electron chi connectivity index (χ1n) is 9.66. The number of amides is 4. The van der Waals surface area contributed by atoms with E-state index in [-0.39, 0.29) is 25.2 Å². The highest BCUT2D eigenvalue weighted by Crippen LogP contribution is 2.34. The molecule has 3 aliphatic rings. The number of urea groups is 1. The maximum absolute atomic E-state index is 13.0. The van der Waals surface area contributed by atoms with Crippen LogP contribution in [0.25, 0.3) is 0 Å². The minimum absolute atomic E-state index is 0.177. The van der Waals surface area contributed by atoms with Crippen molar-refractivity contribution < 1.29 is 23.9 Å². The molecule has 1 aromatic rings. The molecule has 1 N–H and O–H groups in total. The van der Waals surface area contributed by atoms with Gasteiger partial charge in [-0.1, -0.05) is 13.0 Å². The Balaban J connectivity index is 1.44. The second-order valence-electron chi connectivity index (χ2n) is 8.11. The molecule has 0 saturated carbocycles. The van der Waals surface area contributed by atoms with Gasteiger partial charge in [0.25, 0.3) is 5.91 Å². The number of piperidine rings is 1. The number of fused-ring (bicyclic) bond motifs is 1. The highest BCUT2D eigenvalue weighted by Gasteiger charge is 2.48. The molecule has 4 amide bonds. The Morgan fingerprint density at radius 1 is 1.29 bits per heavy atom. The summed E-state index contributed by atoms with van der Waals surface area (Å²) in [7, 11) is 0. The Morgan fingerprint density at radius 2 is 2.07 bits per heavy atom. The van der Waals surface area contributed by atoms with E-state index in [2.05, 4.69) is 12.2 Å². The van der Waals surface area contributed by atoms with Gasteiger partial charge >= 0.3 is 6.03 Å². The average Bonchev–Trinajstić information content (AvgIpc) is 3.19. The van der Waals surface area contributed by atoms with Crippen molar-refractivity contribution in [1.82, 2.24) is 15.1 Å². The lowest BCUT2D eigenvalue weighted by atomic mass is 9.92. The molecule has 0 unspecified atom stereocenters. The van der Waals surface area contributed by atoms with Gasteiger partial charge in [0.15, 0.2) is 11.5 Å². The van der Waals surface area contributed by atoms with Gasteiger partial charge in [-0.2, -0.15) is 0 Å². The van der Waals surface area contributed by atoms with Crippen LogP contribution < -0.4 is 14.8 Å². The van der Waals surface area contributed by atoms with Crippen molar-refractivity contribution in [1.29, 1.82) is 0 Å². The van der Waals surface area contributed by atoms with Gasteiger partial charge in [-0.05, 0) is 43.4 Å². The second kappa shape index (κ2) is 7.00. The third-order valence-electron chi connectivity index (χ3n) is 5.64. The first kappa shape index (κ1) is 18.6. The van der Waals surface area contributed by atoms with Crippen molar-refractivity contribution in [3.05, 3.63) is 23.8 Å². The molecule has 0 aromatic heterocycles. The molecular weight excluding hydrogens is 362 g/mol. The molecule has 8 nitrogen and oxygen atoms in total. The van der Waals surface area contributed by atoms with Crippen LogP contribution in [0.1, 0.15) is 32.3 Å². The molecule has 1 aromatic carbocycles. The van der Waals surface area contributed by atoms with Crippen LogP contribution in [-0.2, 0) is 16.0 Å². The predicted molar refractivity (Wildman–Crippen MR) is 99.9 cm³/mol. The molecule has 150 valence electrons. The predicted octanol–water partition coefficient (Wildman–Crippen LogP) is 1.53. The summed E-state index contributed by atoms with van der Waals surface area (Å²) < 4.78 is 10.7. The zero-order valence-electron chi connectivity index (χ0n) is 16.2. The van der Waals surface area contributed by atoms with Crippen LogP contribution in [0.2, 0.25) is 0 Å². The molecule has 2 fully saturated rings. The van der Waals surface area contributed by atoms with Gasteiger partial charge in [-0.15, -0.1) is 0 Å². The fraction of sp³-hybridized carbons (Fsp3) is 0.550. The van der Waals surface area contributed by atoms with Crippen molar-refractivity contribution in [2.24, 2.45) is 5.92 Å². The van der Waals surface area contributed by atoms with E-state index >= 15 is 0 Å². The first-order valence-corrected chi connectivity index (χ1v) is 9.66. The molecular formula is C20H25N3O5. The number of rotatable bonds is 4. The number of carbonyl (C=O) groups excluding carboxylic acids is 3. The van der Waals surface area contributed by atoms with Gasteiger partial charge in [0.1, 0.15) is 12.1 Å². The lowest BCUT2D eigenvalue weighted by Crippen LogP contribution is -2.48. The summed E-state index contributed by atoms with van der Waals surface area (Å²) in [4.78, 5) is 40.8. The topological polar surface area (TPSA) is 88.2 Å². The number of nitrogens with zero attached hydrogens (tertiary/aromatic N) is 2. The Hall–Kier alpha value is -2.77. The number of nitrogens with one attached hydrogen (secondary N) is 1. The average molecular weight is 387 g/mol. The molecule has 3 aliphatic heterocycles. The third kappa shape index (κ3) is 3.39. The van der Waals surface area contributed by atoms with Gasteiger partial charge in [0.05, 0.1) is 0 Å². The van der Waals surface area contributed by atoms with Crippen LogP contribution in [-0.4, -0.2) is 59.6 Å². The lowest BCUT2D eigenvalue weighted by Gasteiger charge is -2.31. The molecule has 0 spiro atoms. The van der Waals surface area contributed by atoms with Crippen LogP contribution in [0.3, 0.4) is 0 Å². The lowest BCUT2D eigenvalue weighted by molar-refractivity contribution is -0.139. The van der Waals surface area contributed by atoms with E-state index in [9.17, 15) is 14.4 Å². The molecule has 8 heteroatoms. The van der Waals surface area contributed by atoms with Crippen molar-refractivity contribution in [3.63, 3.8) is 0 Å². The fourth-order valence-corrected chi connectivity index (χ4v) is 4.12. The van der Waals surface area contributed by atoms with Crippen molar-refractivity contribution in [3.8, 4) is 11.5 Å². The second-order valence-corrected chi connectivity index (χ2v) is 8.11. The fourth-order valence-electron chi connectivity index (χ4n) is 4.12. The number of benzene rings is 1. The van der Waals surface area contributed by atoms with Crippen LogP contribution in [0.5, 0.6) is 11.5 Å². The first-order chi connectivity index (χ1) is 13.4. The van der Waals surface area contributed by atoms with E-state index in [0.717, 1.165) is 23.3 Å². The van der Waals surface area contributed by atoms with Gasteiger partial charge in [-0.25, -0.2) is 4.79 Å². The Bertz CT molecular complexity index is 826. The van der Waals surface area contributed by atoms with E-state index in [1.165, 1.54) is 0 Å². The van der Waals surface area contributed by atoms with E-state index in [1.807, 2.05) is 12.1 Å². The summed E-state index contributed by atoms with van der Waals surface area (Å²) in [6.07, 6.45) is 2.36. The minimum atomic E-state index is -1.10. The van der Waals surface area contributed by atoms with Gasteiger partial charge in [0.2, 0.25) is 12.7 Å². The molecule has 0 aliphatic carbocycles. The standard InChI is InChI=1S/C20H25N3O5/c1-13-4-3-7-22(10-13)17(24)11-23-18(25)20(2,21-19(23)26)9-14-5-6-15-16(8-14)28-12-27-15/h5-6,8,13H,3-4,7,9-12H2,1-2H3,(H,21,26)/t13-,20+/m0/s1.